The second kappa shape index (κ2) is 5.53. The largest absolute Gasteiger partial charge is 0.399 e. The zero-order valence-corrected chi connectivity index (χ0v) is 13.8. The molecule has 3 rings (SSSR count). The second-order valence-electron chi connectivity index (χ2n) is 5.23. The lowest BCUT2D eigenvalue weighted by molar-refractivity contribution is 0.623. The highest BCUT2D eigenvalue weighted by atomic mass is 79.9. The zero-order chi connectivity index (χ0) is 15.0. The molecule has 0 radical (unpaired) electrons. The molecule has 0 aliphatic carbocycles. The SMILES string of the molecule is CCc1nc2cc(N)ccc2n1C(C)c1cccc(Br)c1. The van der Waals surface area contributed by atoms with Crippen LogP contribution in [0.25, 0.3) is 11.0 Å². The van der Waals surface area contributed by atoms with E-state index < -0.39 is 0 Å². The smallest absolute Gasteiger partial charge is 0.110 e. The predicted octanol–water partition coefficient (Wildman–Crippen LogP) is 4.55. The van der Waals surface area contributed by atoms with E-state index in [9.17, 15) is 0 Å². The van der Waals surface area contributed by atoms with E-state index in [2.05, 4.69) is 58.6 Å². The van der Waals surface area contributed by atoms with Crippen LogP contribution in [-0.4, -0.2) is 9.55 Å². The minimum Gasteiger partial charge on any atom is -0.399 e. The van der Waals surface area contributed by atoms with Crippen LogP contribution in [-0.2, 0) is 6.42 Å². The maximum absolute atomic E-state index is 5.88. The Morgan fingerprint density at radius 2 is 2.05 bits per heavy atom. The first-order valence-corrected chi connectivity index (χ1v) is 7.91. The molecule has 0 spiro atoms. The van der Waals surface area contributed by atoms with Gasteiger partial charge in [-0.2, -0.15) is 0 Å². The standard InChI is InChI=1S/C17H18BrN3/c1-3-17-20-15-10-14(19)7-8-16(15)21(17)11(2)12-5-4-6-13(18)9-12/h4-11H,3,19H2,1-2H3. The molecule has 0 saturated carbocycles. The van der Waals surface area contributed by atoms with Crippen LogP contribution in [0.4, 0.5) is 5.69 Å². The third-order valence-electron chi connectivity index (χ3n) is 3.82. The lowest BCUT2D eigenvalue weighted by Gasteiger charge is -2.18. The van der Waals surface area contributed by atoms with Gasteiger partial charge in [0, 0.05) is 16.6 Å². The van der Waals surface area contributed by atoms with E-state index in [4.69, 9.17) is 10.7 Å². The van der Waals surface area contributed by atoms with Gasteiger partial charge in [0.25, 0.3) is 0 Å². The molecule has 1 aromatic heterocycles. The average molecular weight is 344 g/mol. The number of nitrogens with zero attached hydrogens (tertiary/aromatic N) is 2. The van der Waals surface area contributed by atoms with Gasteiger partial charge in [-0.05, 0) is 42.8 Å². The summed E-state index contributed by atoms with van der Waals surface area (Å²) in [5, 5.41) is 0. The number of aromatic nitrogens is 2. The molecule has 0 amide bonds. The van der Waals surface area contributed by atoms with Crippen molar-refractivity contribution in [2.24, 2.45) is 0 Å². The third-order valence-corrected chi connectivity index (χ3v) is 4.31. The normalized spacial score (nSPS) is 12.7. The Balaban J connectivity index is 2.18. The topological polar surface area (TPSA) is 43.8 Å². The Kier molecular flexibility index (Phi) is 3.72. The first kappa shape index (κ1) is 14.1. The van der Waals surface area contributed by atoms with Crippen molar-refractivity contribution in [1.82, 2.24) is 9.55 Å². The monoisotopic (exact) mass is 343 g/mol. The third kappa shape index (κ3) is 2.56. The quantitative estimate of drug-likeness (QED) is 0.708. The average Bonchev–Trinajstić information content (AvgIpc) is 2.83. The zero-order valence-electron chi connectivity index (χ0n) is 12.2. The summed E-state index contributed by atoms with van der Waals surface area (Å²) < 4.78 is 3.40. The van der Waals surface area contributed by atoms with E-state index in [0.717, 1.165) is 33.4 Å². The number of nitrogen functional groups attached to an aromatic ring is 1. The van der Waals surface area contributed by atoms with Crippen molar-refractivity contribution in [2.75, 3.05) is 5.73 Å². The van der Waals surface area contributed by atoms with Gasteiger partial charge in [-0.3, -0.25) is 0 Å². The summed E-state index contributed by atoms with van der Waals surface area (Å²) in [6.45, 7) is 4.34. The Bertz CT molecular complexity index is 792. The summed E-state index contributed by atoms with van der Waals surface area (Å²) >= 11 is 3.55. The van der Waals surface area contributed by atoms with Gasteiger partial charge in [-0.25, -0.2) is 4.98 Å². The van der Waals surface area contributed by atoms with Gasteiger partial charge in [-0.15, -0.1) is 0 Å². The van der Waals surface area contributed by atoms with Gasteiger partial charge in [0.2, 0.25) is 0 Å². The van der Waals surface area contributed by atoms with Crippen LogP contribution in [0.15, 0.2) is 46.9 Å². The van der Waals surface area contributed by atoms with Crippen molar-refractivity contribution in [3.63, 3.8) is 0 Å². The first-order valence-electron chi connectivity index (χ1n) is 7.12. The molecule has 21 heavy (non-hydrogen) atoms. The van der Waals surface area contributed by atoms with Crippen molar-refractivity contribution < 1.29 is 0 Å². The fourth-order valence-corrected chi connectivity index (χ4v) is 3.18. The molecule has 1 heterocycles. The van der Waals surface area contributed by atoms with Crippen molar-refractivity contribution in [1.29, 1.82) is 0 Å². The molecule has 0 aliphatic rings. The van der Waals surface area contributed by atoms with Gasteiger partial charge in [0.05, 0.1) is 17.1 Å². The highest BCUT2D eigenvalue weighted by Gasteiger charge is 2.16. The Morgan fingerprint density at radius 3 is 2.76 bits per heavy atom. The lowest BCUT2D eigenvalue weighted by atomic mass is 10.1. The van der Waals surface area contributed by atoms with Crippen LogP contribution < -0.4 is 5.73 Å². The number of benzene rings is 2. The van der Waals surface area contributed by atoms with Crippen molar-refractivity contribution in [3.05, 3.63) is 58.3 Å². The van der Waals surface area contributed by atoms with Crippen LogP contribution in [0, 0.1) is 0 Å². The van der Waals surface area contributed by atoms with E-state index >= 15 is 0 Å². The number of anilines is 1. The molecular weight excluding hydrogens is 326 g/mol. The number of fused-ring (bicyclic) bond motifs is 1. The molecule has 3 aromatic rings. The van der Waals surface area contributed by atoms with Crippen LogP contribution in [0.1, 0.15) is 31.3 Å². The fraction of sp³-hybridized carbons (Fsp3) is 0.235. The number of hydrogen-bond acceptors (Lipinski definition) is 2. The van der Waals surface area contributed by atoms with Crippen molar-refractivity contribution in [2.45, 2.75) is 26.3 Å². The highest BCUT2D eigenvalue weighted by molar-refractivity contribution is 9.10. The number of aryl methyl sites for hydroxylation is 1. The summed E-state index contributed by atoms with van der Waals surface area (Å²) in [4.78, 5) is 4.73. The first-order chi connectivity index (χ1) is 10.1. The van der Waals surface area contributed by atoms with E-state index in [1.165, 1.54) is 5.56 Å². The molecule has 108 valence electrons. The summed E-state index contributed by atoms with van der Waals surface area (Å²) in [5.74, 6) is 1.09. The fourth-order valence-electron chi connectivity index (χ4n) is 2.76. The minimum atomic E-state index is 0.228. The summed E-state index contributed by atoms with van der Waals surface area (Å²) in [6, 6.07) is 14.6. The Morgan fingerprint density at radius 1 is 1.24 bits per heavy atom. The summed E-state index contributed by atoms with van der Waals surface area (Å²) in [7, 11) is 0. The maximum Gasteiger partial charge on any atom is 0.110 e. The van der Waals surface area contributed by atoms with Crippen LogP contribution in [0.2, 0.25) is 0 Å². The molecule has 2 N–H and O–H groups in total. The van der Waals surface area contributed by atoms with Crippen LogP contribution in [0.5, 0.6) is 0 Å². The molecular formula is C17H18BrN3. The molecule has 0 aliphatic heterocycles. The van der Waals surface area contributed by atoms with Gasteiger partial charge in [0.1, 0.15) is 5.82 Å². The van der Waals surface area contributed by atoms with Crippen LogP contribution in [0.3, 0.4) is 0 Å². The summed E-state index contributed by atoms with van der Waals surface area (Å²) in [5.41, 5.74) is 9.99. The summed E-state index contributed by atoms with van der Waals surface area (Å²) in [6.07, 6.45) is 0.896. The van der Waals surface area contributed by atoms with Gasteiger partial charge in [0.15, 0.2) is 0 Å². The molecule has 1 unspecified atom stereocenters. The van der Waals surface area contributed by atoms with E-state index in [0.29, 0.717) is 0 Å². The second-order valence-corrected chi connectivity index (χ2v) is 6.15. The number of imidazole rings is 1. The Hall–Kier alpha value is -1.81. The molecule has 0 saturated heterocycles. The maximum atomic E-state index is 5.88. The molecule has 4 heteroatoms. The van der Waals surface area contributed by atoms with E-state index in [1.807, 2.05) is 18.2 Å². The number of hydrogen-bond donors (Lipinski definition) is 1. The highest BCUT2D eigenvalue weighted by Crippen LogP contribution is 2.28. The molecule has 0 fully saturated rings. The van der Waals surface area contributed by atoms with Gasteiger partial charge in [-0.1, -0.05) is 35.0 Å². The van der Waals surface area contributed by atoms with E-state index in [-0.39, 0.29) is 6.04 Å². The molecule has 0 bridgehead atoms. The predicted molar refractivity (Wildman–Crippen MR) is 91.5 cm³/mol. The number of nitrogens with two attached hydrogens (primary N) is 1. The lowest BCUT2D eigenvalue weighted by Crippen LogP contribution is -2.10. The molecule has 1 atom stereocenters. The van der Waals surface area contributed by atoms with Crippen molar-refractivity contribution in [3.8, 4) is 0 Å². The van der Waals surface area contributed by atoms with Crippen LogP contribution >= 0.6 is 15.9 Å². The van der Waals surface area contributed by atoms with E-state index in [1.54, 1.807) is 0 Å². The van der Waals surface area contributed by atoms with Crippen molar-refractivity contribution >= 4 is 32.7 Å². The minimum absolute atomic E-state index is 0.228. The Labute approximate surface area is 132 Å². The molecule has 2 aromatic carbocycles. The number of halogens is 1. The van der Waals surface area contributed by atoms with Gasteiger partial charge < -0.3 is 10.3 Å². The van der Waals surface area contributed by atoms with Gasteiger partial charge >= 0.3 is 0 Å². The number of rotatable bonds is 3. The molecule has 3 nitrogen and oxygen atoms in total.